The fraction of sp³-hybridized carbons (Fsp3) is 0.381. The normalized spacial score (nSPS) is 14.9. The minimum absolute atomic E-state index is 0.0561. The Morgan fingerprint density at radius 3 is 2.63 bits per heavy atom. The fourth-order valence-corrected chi connectivity index (χ4v) is 3.57. The van der Waals surface area contributed by atoms with Crippen LogP contribution in [0.15, 0.2) is 48.8 Å². The molecule has 1 amide bonds. The molecule has 1 saturated carbocycles. The van der Waals surface area contributed by atoms with E-state index in [0.29, 0.717) is 13.0 Å². The van der Waals surface area contributed by atoms with E-state index < -0.39 is 0 Å². The lowest BCUT2D eigenvalue weighted by Gasteiger charge is -2.16. The summed E-state index contributed by atoms with van der Waals surface area (Å²) in [6.07, 6.45) is 6.41. The highest BCUT2D eigenvalue weighted by atomic mass is 16.1. The number of carbonyl (C=O) groups excluding carboxylic acids is 1. The molecule has 140 valence electrons. The number of hydrogen-bond donors (Lipinski definition) is 1. The summed E-state index contributed by atoms with van der Waals surface area (Å²) in [6.45, 7) is 5.56. The Balaban J connectivity index is 1.39. The number of nitrogens with one attached hydrogen (secondary N) is 1. The third-order valence-electron chi connectivity index (χ3n) is 5.45. The van der Waals surface area contributed by atoms with Crippen LogP contribution in [0.2, 0.25) is 0 Å². The van der Waals surface area contributed by atoms with Crippen molar-refractivity contribution >= 4 is 5.91 Å². The van der Waals surface area contributed by atoms with Gasteiger partial charge >= 0.3 is 0 Å². The van der Waals surface area contributed by atoms with Gasteiger partial charge in [-0.2, -0.15) is 10.2 Å². The molecule has 0 spiro atoms. The Labute approximate surface area is 159 Å². The predicted molar refractivity (Wildman–Crippen MR) is 104 cm³/mol. The molecule has 27 heavy (non-hydrogen) atoms. The first kappa shape index (κ1) is 17.5. The van der Waals surface area contributed by atoms with Crippen molar-refractivity contribution in [2.75, 3.05) is 6.54 Å². The van der Waals surface area contributed by atoms with E-state index in [1.165, 1.54) is 0 Å². The van der Waals surface area contributed by atoms with Crippen LogP contribution in [-0.2, 0) is 17.8 Å². The van der Waals surface area contributed by atoms with Gasteiger partial charge in [-0.1, -0.05) is 18.2 Å². The van der Waals surface area contributed by atoms with Gasteiger partial charge in [-0.15, -0.1) is 0 Å². The SMILES string of the molecule is Cc1nn(-c2ccccc2)c(C)c1CC(=O)NCC1(Cn2cccn2)CC1. The number of aryl methyl sites for hydroxylation is 1. The average molecular weight is 363 g/mol. The zero-order valence-electron chi connectivity index (χ0n) is 15.9. The van der Waals surface area contributed by atoms with Gasteiger partial charge in [-0.3, -0.25) is 9.48 Å². The van der Waals surface area contributed by atoms with Gasteiger partial charge in [0.05, 0.1) is 17.8 Å². The number of hydrogen-bond acceptors (Lipinski definition) is 3. The Morgan fingerprint density at radius 1 is 1.19 bits per heavy atom. The molecular weight excluding hydrogens is 338 g/mol. The van der Waals surface area contributed by atoms with Crippen LogP contribution in [0, 0.1) is 19.3 Å². The van der Waals surface area contributed by atoms with Crippen LogP contribution in [0.5, 0.6) is 0 Å². The molecule has 0 saturated heterocycles. The maximum Gasteiger partial charge on any atom is 0.224 e. The van der Waals surface area contributed by atoms with Crippen LogP contribution in [0.3, 0.4) is 0 Å². The van der Waals surface area contributed by atoms with Gasteiger partial charge in [0.1, 0.15) is 0 Å². The molecule has 4 rings (SSSR count). The highest BCUT2D eigenvalue weighted by Gasteiger charge is 2.43. The monoisotopic (exact) mass is 363 g/mol. The Hall–Kier alpha value is -2.89. The third-order valence-corrected chi connectivity index (χ3v) is 5.45. The van der Waals surface area contributed by atoms with Gasteiger partial charge in [0.25, 0.3) is 0 Å². The maximum absolute atomic E-state index is 12.6. The molecule has 0 radical (unpaired) electrons. The van der Waals surface area contributed by atoms with Crippen molar-refractivity contribution in [3.63, 3.8) is 0 Å². The molecule has 2 heterocycles. The van der Waals surface area contributed by atoms with Crippen LogP contribution in [0.1, 0.15) is 29.8 Å². The second-order valence-corrected chi connectivity index (χ2v) is 7.55. The highest BCUT2D eigenvalue weighted by molar-refractivity contribution is 5.79. The van der Waals surface area contributed by atoms with E-state index in [4.69, 9.17) is 0 Å². The molecule has 1 aromatic carbocycles. The first-order valence-corrected chi connectivity index (χ1v) is 9.41. The van der Waals surface area contributed by atoms with E-state index in [9.17, 15) is 4.79 Å². The standard InChI is InChI=1S/C21H25N5O/c1-16-19(17(2)26(24-16)18-7-4-3-5-8-18)13-20(27)22-14-21(9-10-21)15-25-12-6-11-23-25/h3-8,11-12H,9-10,13-15H2,1-2H3,(H,22,27). The highest BCUT2D eigenvalue weighted by Crippen LogP contribution is 2.46. The molecule has 0 aliphatic heterocycles. The van der Waals surface area contributed by atoms with Crippen molar-refractivity contribution in [2.24, 2.45) is 5.41 Å². The first-order chi connectivity index (χ1) is 13.1. The predicted octanol–water partition coefficient (Wildman–Crippen LogP) is 2.82. The Bertz CT molecular complexity index is 923. The zero-order chi connectivity index (χ0) is 18.9. The molecule has 1 aliphatic rings. The van der Waals surface area contributed by atoms with E-state index in [1.807, 2.05) is 65.8 Å². The topological polar surface area (TPSA) is 64.7 Å². The molecule has 1 N–H and O–H groups in total. The third kappa shape index (κ3) is 3.79. The lowest BCUT2D eigenvalue weighted by Crippen LogP contribution is -2.33. The number of amides is 1. The summed E-state index contributed by atoms with van der Waals surface area (Å²) < 4.78 is 3.87. The fourth-order valence-electron chi connectivity index (χ4n) is 3.57. The number of carbonyl (C=O) groups is 1. The molecule has 0 unspecified atom stereocenters. The summed E-state index contributed by atoms with van der Waals surface area (Å²) in [4.78, 5) is 12.6. The molecule has 3 aromatic rings. The number of nitrogens with zero attached hydrogens (tertiary/aromatic N) is 4. The number of rotatable bonds is 7. The minimum Gasteiger partial charge on any atom is -0.355 e. The van der Waals surface area contributed by atoms with E-state index in [-0.39, 0.29) is 11.3 Å². The lowest BCUT2D eigenvalue weighted by atomic mass is 10.1. The van der Waals surface area contributed by atoms with Crippen molar-refractivity contribution in [1.29, 1.82) is 0 Å². The van der Waals surface area contributed by atoms with Gasteiger partial charge in [-0.05, 0) is 44.9 Å². The number of aromatic nitrogens is 4. The second-order valence-electron chi connectivity index (χ2n) is 7.55. The second kappa shape index (κ2) is 7.02. The average Bonchev–Trinajstić information content (AvgIpc) is 3.13. The number of para-hydroxylation sites is 1. The largest absolute Gasteiger partial charge is 0.355 e. The number of benzene rings is 1. The van der Waals surface area contributed by atoms with Crippen molar-refractivity contribution in [1.82, 2.24) is 24.9 Å². The molecular formula is C21H25N5O. The molecule has 1 aliphatic carbocycles. The molecule has 0 atom stereocenters. The summed E-state index contributed by atoms with van der Waals surface area (Å²) >= 11 is 0. The van der Waals surface area contributed by atoms with Crippen molar-refractivity contribution in [2.45, 2.75) is 39.7 Å². The van der Waals surface area contributed by atoms with Gasteiger partial charge in [0, 0.05) is 42.2 Å². The summed E-state index contributed by atoms with van der Waals surface area (Å²) in [5, 5.41) is 12.0. The van der Waals surface area contributed by atoms with Crippen molar-refractivity contribution in [3.8, 4) is 5.69 Å². The molecule has 1 fully saturated rings. The smallest absolute Gasteiger partial charge is 0.224 e. The van der Waals surface area contributed by atoms with Gasteiger partial charge < -0.3 is 5.32 Å². The quantitative estimate of drug-likeness (QED) is 0.702. The summed E-state index contributed by atoms with van der Waals surface area (Å²) in [6, 6.07) is 12.0. The van der Waals surface area contributed by atoms with Crippen LogP contribution in [-0.4, -0.2) is 32.0 Å². The van der Waals surface area contributed by atoms with Crippen LogP contribution in [0.4, 0.5) is 0 Å². The minimum atomic E-state index is 0.0561. The van der Waals surface area contributed by atoms with E-state index >= 15 is 0 Å². The molecule has 6 nitrogen and oxygen atoms in total. The van der Waals surface area contributed by atoms with E-state index in [2.05, 4.69) is 15.5 Å². The summed E-state index contributed by atoms with van der Waals surface area (Å²) in [5.74, 6) is 0.0561. The van der Waals surface area contributed by atoms with Crippen molar-refractivity contribution < 1.29 is 4.79 Å². The van der Waals surface area contributed by atoms with Crippen molar-refractivity contribution in [3.05, 3.63) is 65.7 Å². The molecule has 0 bridgehead atoms. The maximum atomic E-state index is 12.6. The summed E-state index contributed by atoms with van der Waals surface area (Å²) in [5.41, 5.74) is 4.12. The zero-order valence-corrected chi connectivity index (χ0v) is 15.9. The van der Waals surface area contributed by atoms with Gasteiger partial charge in [-0.25, -0.2) is 4.68 Å². The van der Waals surface area contributed by atoms with Crippen LogP contribution < -0.4 is 5.32 Å². The first-order valence-electron chi connectivity index (χ1n) is 9.41. The van der Waals surface area contributed by atoms with E-state index in [1.54, 1.807) is 6.20 Å². The Morgan fingerprint density at radius 2 is 1.96 bits per heavy atom. The van der Waals surface area contributed by atoms with Crippen LogP contribution in [0.25, 0.3) is 5.69 Å². The molecule has 6 heteroatoms. The lowest BCUT2D eigenvalue weighted by molar-refractivity contribution is -0.120. The van der Waals surface area contributed by atoms with Gasteiger partial charge in [0.2, 0.25) is 5.91 Å². The summed E-state index contributed by atoms with van der Waals surface area (Å²) in [7, 11) is 0. The van der Waals surface area contributed by atoms with Crippen LogP contribution >= 0.6 is 0 Å². The molecule has 2 aromatic heterocycles. The van der Waals surface area contributed by atoms with Gasteiger partial charge in [0.15, 0.2) is 0 Å². The Kier molecular flexibility index (Phi) is 4.56. The van der Waals surface area contributed by atoms with E-state index in [0.717, 1.165) is 42.0 Å².